The molecule has 0 saturated carbocycles. The largest absolute Gasteiger partial charge is 0.198 e. The number of hydrogen-bond acceptors (Lipinski definition) is 1. The molecule has 0 aliphatic heterocycles. The number of benzene rings is 1. The molecule has 54 valence electrons. The van der Waals surface area contributed by atoms with Crippen LogP contribution in [0.15, 0.2) is 18.2 Å². The van der Waals surface area contributed by atoms with Crippen molar-refractivity contribution in [3.05, 3.63) is 27.3 Å². The van der Waals surface area contributed by atoms with Crippen LogP contribution in [0.4, 0.5) is 0 Å². The summed E-state index contributed by atoms with van der Waals surface area (Å²) in [5.41, 5.74) is 2.35. The molecule has 1 nitrogen and oxygen atoms in total. The second-order valence-corrected chi connectivity index (χ2v) is 3.59. The van der Waals surface area contributed by atoms with Crippen LogP contribution in [0.2, 0.25) is 0 Å². The second-order valence-electron chi connectivity index (χ2n) is 2.43. The molecule has 1 rings (SSSR count). The summed E-state index contributed by atoms with van der Waals surface area (Å²) in [6.45, 7) is 0. The molecule has 3 heteroatoms. The third-order valence-electron chi connectivity index (χ3n) is 1.47. The third-order valence-corrected chi connectivity index (χ3v) is 2.52. The quantitative estimate of drug-likeness (QED) is 0.533. The molecule has 0 fully saturated rings. The maximum atomic E-state index is 8.48. The van der Waals surface area contributed by atoms with E-state index in [0.29, 0.717) is 6.42 Å². The fraction of sp³-hybridized carbons (Fsp3) is 0.125. The van der Waals surface area contributed by atoms with E-state index in [4.69, 9.17) is 5.26 Å². The Morgan fingerprint density at radius 2 is 2.27 bits per heavy atom. The molecule has 0 aliphatic carbocycles. The van der Waals surface area contributed by atoms with Gasteiger partial charge in [-0.05, 0) is 34.2 Å². The Balaban J connectivity index is 3.05. The minimum absolute atomic E-state index is 0.514. The van der Waals surface area contributed by atoms with Gasteiger partial charge in [-0.1, -0.05) is 17.6 Å². The minimum atomic E-state index is 0.514. The SMILES string of the molecule is Bc1ccc(I)c(CC#N)c1. The van der Waals surface area contributed by atoms with Gasteiger partial charge in [0.15, 0.2) is 0 Å². The van der Waals surface area contributed by atoms with Crippen molar-refractivity contribution >= 4 is 35.9 Å². The van der Waals surface area contributed by atoms with Gasteiger partial charge >= 0.3 is 0 Å². The summed E-state index contributed by atoms with van der Waals surface area (Å²) < 4.78 is 1.18. The topological polar surface area (TPSA) is 23.8 Å². The van der Waals surface area contributed by atoms with E-state index in [9.17, 15) is 0 Å². The van der Waals surface area contributed by atoms with Crippen molar-refractivity contribution in [2.24, 2.45) is 0 Å². The average Bonchev–Trinajstić information content (AvgIpc) is 1.98. The van der Waals surface area contributed by atoms with E-state index in [1.807, 2.05) is 13.9 Å². The number of halogens is 1. The fourth-order valence-corrected chi connectivity index (χ4v) is 1.45. The lowest BCUT2D eigenvalue weighted by atomic mass is 9.94. The molecule has 0 N–H and O–H groups in total. The molecule has 0 saturated heterocycles. The molecule has 0 aromatic heterocycles. The first kappa shape index (κ1) is 8.60. The molecule has 11 heavy (non-hydrogen) atoms. The summed E-state index contributed by atoms with van der Waals surface area (Å²) in [6.07, 6.45) is 0.514. The summed E-state index contributed by atoms with van der Waals surface area (Å²) >= 11 is 2.25. The van der Waals surface area contributed by atoms with E-state index in [1.54, 1.807) is 0 Å². The Kier molecular flexibility index (Phi) is 2.95. The van der Waals surface area contributed by atoms with Gasteiger partial charge in [0.2, 0.25) is 0 Å². The molecule has 0 atom stereocenters. The third kappa shape index (κ3) is 2.23. The summed E-state index contributed by atoms with van der Waals surface area (Å²) in [7, 11) is 2.04. The van der Waals surface area contributed by atoms with Gasteiger partial charge in [0.05, 0.1) is 12.5 Å². The number of nitriles is 1. The summed E-state index contributed by atoms with van der Waals surface area (Å²) in [5, 5.41) is 8.48. The molecule has 0 heterocycles. The van der Waals surface area contributed by atoms with Crippen LogP contribution in [-0.4, -0.2) is 7.85 Å². The highest BCUT2D eigenvalue weighted by molar-refractivity contribution is 14.1. The van der Waals surface area contributed by atoms with Crippen molar-refractivity contribution in [2.75, 3.05) is 0 Å². The Labute approximate surface area is 81.0 Å². The summed E-state index contributed by atoms with van der Waals surface area (Å²) in [4.78, 5) is 0. The molecular weight excluding hydrogens is 248 g/mol. The number of hydrogen-bond donors (Lipinski definition) is 0. The molecule has 0 unspecified atom stereocenters. The van der Waals surface area contributed by atoms with E-state index in [-0.39, 0.29) is 0 Å². The van der Waals surface area contributed by atoms with E-state index in [0.717, 1.165) is 5.56 Å². The van der Waals surface area contributed by atoms with Crippen LogP contribution in [0.5, 0.6) is 0 Å². The van der Waals surface area contributed by atoms with Gasteiger partial charge in [-0.25, -0.2) is 0 Å². The summed E-state index contributed by atoms with van der Waals surface area (Å²) in [6, 6.07) is 8.31. The zero-order valence-corrected chi connectivity index (χ0v) is 8.42. The zero-order chi connectivity index (χ0) is 8.27. The predicted octanol–water partition coefficient (Wildman–Crippen LogP) is 0.616. The van der Waals surface area contributed by atoms with Gasteiger partial charge in [-0.3, -0.25) is 0 Å². The van der Waals surface area contributed by atoms with E-state index in [2.05, 4.69) is 40.8 Å². The smallest absolute Gasteiger partial charge is 0.139 e. The van der Waals surface area contributed by atoms with Gasteiger partial charge in [0, 0.05) is 3.57 Å². The van der Waals surface area contributed by atoms with Crippen LogP contribution in [0, 0.1) is 14.9 Å². The van der Waals surface area contributed by atoms with Crippen molar-refractivity contribution in [3.63, 3.8) is 0 Å². The Morgan fingerprint density at radius 1 is 1.55 bits per heavy atom. The van der Waals surface area contributed by atoms with Gasteiger partial charge in [-0.15, -0.1) is 0 Å². The van der Waals surface area contributed by atoms with Crippen LogP contribution in [-0.2, 0) is 6.42 Å². The molecule has 0 amide bonds. The van der Waals surface area contributed by atoms with Crippen LogP contribution in [0.3, 0.4) is 0 Å². The lowest BCUT2D eigenvalue weighted by Crippen LogP contribution is -2.03. The standard InChI is InChI=1S/C8H7BIN/c9-7-1-2-8(10)6(5-7)3-4-11/h1-2,5H,3,9H2. The van der Waals surface area contributed by atoms with Gasteiger partial charge in [0.25, 0.3) is 0 Å². The predicted molar refractivity (Wildman–Crippen MR) is 56.7 cm³/mol. The Bertz CT molecular complexity index is 303. The molecule has 0 radical (unpaired) electrons. The lowest BCUT2D eigenvalue weighted by molar-refractivity contribution is 1.25. The van der Waals surface area contributed by atoms with E-state index >= 15 is 0 Å². The van der Waals surface area contributed by atoms with Crippen LogP contribution >= 0.6 is 22.6 Å². The van der Waals surface area contributed by atoms with Gasteiger partial charge in [-0.2, -0.15) is 5.26 Å². The highest BCUT2D eigenvalue weighted by Gasteiger charge is 1.97. The first-order valence-electron chi connectivity index (χ1n) is 3.36. The molecule has 1 aromatic rings. The van der Waals surface area contributed by atoms with Crippen molar-refractivity contribution in [2.45, 2.75) is 6.42 Å². The first-order valence-corrected chi connectivity index (χ1v) is 4.44. The highest BCUT2D eigenvalue weighted by Crippen LogP contribution is 2.09. The van der Waals surface area contributed by atoms with Crippen LogP contribution in [0.1, 0.15) is 5.56 Å². The van der Waals surface area contributed by atoms with Crippen molar-refractivity contribution in [3.8, 4) is 6.07 Å². The summed E-state index contributed by atoms with van der Waals surface area (Å²) in [5.74, 6) is 0. The van der Waals surface area contributed by atoms with Crippen LogP contribution < -0.4 is 5.46 Å². The molecule has 0 spiro atoms. The first-order chi connectivity index (χ1) is 5.24. The average molecular weight is 255 g/mol. The van der Waals surface area contributed by atoms with Gasteiger partial charge in [0.1, 0.15) is 7.85 Å². The maximum Gasteiger partial charge on any atom is 0.139 e. The van der Waals surface area contributed by atoms with E-state index in [1.165, 1.54) is 9.03 Å². The molecule has 1 aromatic carbocycles. The van der Waals surface area contributed by atoms with Crippen molar-refractivity contribution in [1.82, 2.24) is 0 Å². The number of rotatable bonds is 1. The van der Waals surface area contributed by atoms with E-state index < -0.39 is 0 Å². The zero-order valence-electron chi connectivity index (χ0n) is 6.26. The fourth-order valence-electron chi connectivity index (χ4n) is 0.924. The Morgan fingerprint density at radius 3 is 2.91 bits per heavy atom. The maximum absolute atomic E-state index is 8.48. The molecular formula is C8H7BIN. The monoisotopic (exact) mass is 255 g/mol. The van der Waals surface area contributed by atoms with Crippen molar-refractivity contribution < 1.29 is 0 Å². The second kappa shape index (κ2) is 3.77. The molecule has 0 aliphatic rings. The van der Waals surface area contributed by atoms with Crippen molar-refractivity contribution in [1.29, 1.82) is 5.26 Å². The normalized spacial score (nSPS) is 9.09. The minimum Gasteiger partial charge on any atom is -0.198 e. The number of nitrogens with zero attached hydrogens (tertiary/aromatic N) is 1. The molecule has 0 bridgehead atoms. The highest BCUT2D eigenvalue weighted by atomic mass is 127. The van der Waals surface area contributed by atoms with Gasteiger partial charge < -0.3 is 0 Å². The lowest BCUT2D eigenvalue weighted by Gasteiger charge is -1.99. The van der Waals surface area contributed by atoms with Crippen LogP contribution in [0.25, 0.3) is 0 Å². The Hall–Kier alpha value is -0.495.